The van der Waals surface area contributed by atoms with Crippen molar-refractivity contribution in [1.82, 2.24) is 9.78 Å². The molecule has 1 heterocycles. The maximum atomic E-state index is 13.1. The molecule has 0 aliphatic heterocycles. The first-order chi connectivity index (χ1) is 8.49. The maximum Gasteiger partial charge on any atom is 0.125 e. The average molecular weight is 333 g/mol. The zero-order valence-corrected chi connectivity index (χ0v) is 12.3. The Kier molecular flexibility index (Phi) is 3.92. The highest BCUT2D eigenvalue weighted by atomic mass is 79.9. The molecule has 0 aliphatic carbocycles. The third kappa shape index (κ3) is 2.67. The minimum Gasteiger partial charge on any atom is -0.378 e. The van der Waals surface area contributed by atoms with Gasteiger partial charge in [-0.3, -0.25) is 4.68 Å². The summed E-state index contributed by atoms with van der Waals surface area (Å²) in [5, 5.41) is 7.99. The summed E-state index contributed by atoms with van der Waals surface area (Å²) in [4.78, 5) is 0. The van der Waals surface area contributed by atoms with Gasteiger partial charge in [0.05, 0.1) is 28.6 Å². The van der Waals surface area contributed by atoms with E-state index < -0.39 is 0 Å². The molecule has 0 amide bonds. The minimum atomic E-state index is -0.284. The van der Waals surface area contributed by atoms with Crippen LogP contribution in [0.1, 0.15) is 11.4 Å². The van der Waals surface area contributed by atoms with Crippen LogP contribution in [0.15, 0.2) is 22.7 Å². The van der Waals surface area contributed by atoms with Crippen molar-refractivity contribution in [3.63, 3.8) is 0 Å². The summed E-state index contributed by atoms with van der Waals surface area (Å²) >= 11 is 9.50. The molecule has 0 aliphatic rings. The van der Waals surface area contributed by atoms with E-state index in [1.165, 1.54) is 12.1 Å². The van der Waals surface area contributed by atoms with Crippen molar-refractivity contribution in [1.29, 1.82) is 0 Å². The molecule has 96 valence electrons. The quantitative estimate of drug-likeness (QED) is 0.924. The summed E-state index contributed by atoms with van der Waals surface area (Å²) in [6.07, 6.45) is 0. The molecule has 6 heteroatoms. The van der Waals surface area contributed by atoms with Crippen LogP contribution in [0.4, 0.5) is 10.1 Å². The van der Waals surface area contributed by atoms with E-state index in [-0.39, 0.29) is 5.82 Å². The number of anilines is 1. The number of rotatable bonds is 3. The van der Waals surface area contributed by atoms with Crippen molar-refractivity contribution in [2.75, 3.05) is 5.32 Å². The maximum absolute atomic E-state index is 13.1. The molecule has 0 saturated heterocycles. The van der Waals surface area contributed by atoms with Gasteiger partial charge in [-0.2, -0.15) is 5.10 Å². The fourth-order valence-electron chi connectivity index (χ4n) is 1.68. The van der Waals surface area contributed by atoms with Gasteiger partial charge >= 0.3 is 0 Å². The van der Waals surface area contributed by atoms with Gasteiger partial charge < -0.3 is 5.32 Å². The number of hydrogen-bond acceptors (Lipinski definition) is 2. The Morgan fingerprint density at radius 1 is 1.50 bits per heavy atom. The number of aryl methyl sites for hydroxylation is 2. The zero-order valence-electron chi connectivity index (χ0n) is 9.97. The molecule has 3 nitrogen and oxygen atoms in total. The summed E-state index contributed by atoms with van der Waals surface area (Å²) in [5.41, 5.74) is 2.34. The molecule has 2 aromatic rings. The highest BCUT2D eigenvalue weighted by molar-refractivity contribution is 9.10. The number of benzene rings is 1. The van der Waals surface area contributed by atoms with Crippen LogP contribution in [0.25, 0.3) is 0 Å². The fourth-order valence-corrected chi connectivity index (χ4v) is 2.30. The summed E-state index contributed by atoms with van der Waals surface area (Å²) in [7, 11) is 1.83. The molecule has 0 radical (unpaired) electrons. The van der Waals surface area contributed by atoms with E-state index in [0.29, 0.717) is 17.3 Å². The van der Waals surface area contributed by atoms with Crippen molar-refractivity contribution in [3.8, 4) is 0 Å². The van der Waals surface area contributed by atoms with E-state index >= 15 is 0 Å². The predicted molar refractivity (Wildman–Crippen MR) is 74.4 cm³/mol. The van der Waals surface area contributed by atoms with E-state index in [2.05, 4.69) is 26.3 Å². The van der Waals surface area contributed by atoms with Gasteiger partial charge in [0.1, 0.15) is 5.82 Å². The van der Waals surface area contributed by atoms with E-state index in [1.807, 2.05) is 14.0 Å². The van der Waals surface area contributed by atoms with Crippen LogP contribution in [0, 0.1) is 12.7 Å². The zero-order chi connectivity index (χ0) is 13.3. The highest BCUT2D eigenvalue weighted by Gasteiger charge is 2.11. The summed E-state index contributed by atoms with van der Waals surface area (Å²) in [6.45, 7) is 2.34. The van der Waals surface area contributed by atoms with Gasteiger partial charge in [-0.25, -0.2) is 4.39 Å². The SMILES string of the molecule is Cc1nn(C)c(CNc2cc(F)ccc2Br)c1Cl. The number of halogens is 3. The smallest absolute Gasteiger partial charge is 0.125 e. The Bertz CT molecular complexity index is 583. The van der Waals surface area contributed by atoms with Gasteiger partial charge in [0.25, 0.3) is 0 Å². The normalized spacial score (nSPS) is 10.7. The van der Waals surface area contributed by atoms with Crippen molar-refractivity contribution < 1.29 is 4.39 Å². The third-order valence-corrected chi connectivity index (χ3v) is 3.82. The van der Waals surface area contributed by atoms with E-state index in [4.69, 9.17) is 11.6 Å². The van der Waals surface area contributed by atoms with Gasteiger partial charge in [-0.1, -0.05) is 11.6 Å². The van der Waals surface area contributed by atoms with Crippen LogP contribution < -0.4 is 5.32 Å². The lowest BCUT2D eigenvalue weighted by atomic mass is 10.3. The second-order valence-corrected chi connectivity index (χ2v) is 5.18. The lowest BCUT2D eigenvalue weighted by Crippen LogP contribution is -2.06. The largest absolute Gasteiger partial charge is 0.378 e. The molecule has 1 aromatic heterocycles. The molecule has 0 unspecified atom stereocenters. The van der Waals surface area contributed by atoms with Crippen LogP contribution in [0.5, 0.6) is 0 Å². The summed E-state index contributed by atoms with van der Waals surface area (Å²) in [5.74, 6) is -0.284. The lowest BCUT2D eigenvalue weighted by molar-refractivity contribution is 0.628. The third-order valence-electron chi connectivity index (χ3n) is 2.64. The molecule has 0 saturated carbocycles. The van der Waals surface area contributed by atoms with Crippen LogP contribution in [0.2, 0.25) is 5.02 Å². The Labute approximate surface area is 118 Å². The van der Waals surface area contributed by atoms with Crippen molar-refractivity contribution in [2.24, 2.45) is 7.05 Å². The minimum absolute atomic E-state index is 0.284. The Morgan fingerprint density at radius 2 is 2.22 bits per heavy atom. The molecule has 18 heavy (non-hydrogen) atoms. The van der Waals surface area contributed by atoms with E-state index in [0.717, 1.165) is 15.9 Å². The van der Waals surface area contributed by atoms with Crippen LogP contribution in [-0.2, 0) is 13.6 Å². The van der Waals surface area contributed by atoms with Gasteiger partial charge in [-0.15, -0.1) is 0 Å². The van der Waals surface area contributed by atoms with Crippen LogP contribution in [-0.4, -0.2) is 9.78 Å². The molecule has 0 atom stereocenters. The van der Waals surface area contributed by atoms with Crippen LogP contribution >= 0.6 is 27.5 Å². The lowest BCUT2D eigenvalue weighted by Gasteiger charge is -2.09. The second-order valence-electron chi connectivity index (χ2n) is 3.95. The molecule has 1 aromatic carbocycles. The van der Waals surface area contributed by atoms with Gasteiger partial charge in [0.15, 0.2) is 0 Å². The Morgan fingerprint density at radius 3 is 2.83 bits per heavy atom. The first kappa shape index (κ1) is 13.4. The summed E-state index contributed by atoms with van der Waals surface area (Å²) in [6, 6.07) is 4.49. The molecule has 0 spiro atoms. The van der Waals surface area contributed by atoms with Crippen molar-refractivity contribution in [2.45, 2.75) is 13.5 Å². The first-order valence-corrected chi connectivity index (χ1v) is 6.53. The topological polar surface area (TPSA) is 29.9 Å². The predicted octanol–water partition coefficient (Wildman–Crippen LogP) is 3.90. The number of nitrogens with one attached hydrogen (secondary N) is 1. The van der Waals surface area contributed by atoms with E-state index in [1.54, 1.807) is 10.7 Å². The fraction of sp³-hybridized carbons (Fsp3) is 0.250. The second kappa shape index (κ2) is 5.28. The molecular formula is C12H12BrClFN3. The summed E-state index contributed by atoms with van der Waals surface area (Å²) < 4.78 is 15.7. The average Bonchev–Trinajstić information content (AvgIpc) is 2.55. The molecule has 0 bridgehead atoms. The molecule has 2 rings (SSSR count). The van der Waals surface area contributed by atoms with E-state index in [9.17, 15) is 4.39 Å². The molecular weight excluding hydrogens is 321 g/mol. The molecule has 1 N–H and O–H groups in total. The van der Waals surface area contributed by atoms with Gasteiger partial charge in [0.2, 0.25) is 0 Å². The van der Waals surface area contributed by atoms with Crippen molar-refractivity contribution in [3.05, 3.63) is 44.9 Å². The number of aromatic nitrogens is 2. The first-order valence-electron chi connectivity index (χ1n) is 5.36. The number of nitrogens with zero attached hydrogens (tertiary/aromatic N) is 2. The highest BCUT2D eigenvalue weighted by Crippen LogP contribution is 2.25. The molecule has 0 fully saturated rings. The Hall–Kier alpha value is -1.07. The van der Waals surface area contributed by atoms with Gasteiger partial charge in [0, 0.05) is 11.5 Å². The van der Waals surface area contributed by atoms with Gasteiger partial charge in [-0.05, 0) is 41.1 Å². The van der Waals surface area contributed by atoms with Crippen molar-refractivity contribution >= 4 is 33.2 Å². The Balaban J connectivity index is 2.19. The number of hydrogen-bond donors (Lipinski definition) is 1. The standard InChI is InChI=1S/C12H12BrClFN3/c1-7-12(14)11(18(2)17-7)6-16-10-5-8(15)3-4-9(10)13/h3-5,16H,6H2,1-2H3. The monoisotopic (exact) mass is 331 g/mol. The van der Waals surface area contributed by atoms with Crippen LogP contribution in [0.3, 0.4) is 0 Å².